The molecule has 2 atom stereocenters. The Hall–Kier alpha value is -0.883. The lowest BCUT2D eigenvalue weighted by Crippen LogP contribution is -2.48. The SMILES string of the molecule is CC(C)(C)[Si](C)(C)O[C@@H]1CCN(C(=O)O)[C@@H]1C=O. The first kappa shape index (κ1) is 15.2. The molecule has 1 aliphatic rings. The summed E-state index contributed by atoms with van der Waals surface area (Å²) in [4.78, 5) is 23.3. The van der Waals surface area contributed by atoms with E-state index in [0.717, 1.165) is 0 Å². The van der Waals surface area contributed by atoms with E-state index < -0.39 is 20.5 Å². The monoisotopic (exact) mass is 273 g/mol. The Kier molecular flexibility index (Phi) is 4.22. The number of likely N-dealkylation sites (tertiary alicyclic amines) is 1. The fraction of sp³-hybridized carbons (Fsp3) is 0.833. The first-order valence-corrected chi connectivity index (χ1v) is 9.13. The van der Waals surface area contributed by atoms with Gasteiger partial charge in [0, 0.05) is 6.54 Å². The summed E-state index contributed by atoms with van der Waals surface area (Å²) in [7, 11) is -1.97. The zero-order valence-corrected chi connectivity index (χ0v) is 12.8. The fourth-order valence-electron chi connectivity index (χ4n) is 1.85. The fourth-order valence-corrected chi connectivity index (χ4v) is 3.22. The summed E-state index contributed by atoms with van der Waals surface area (Å²) in [5, 5.41) is 9.07. The van der Waals surface area contributed by atoms with E-state index in [1.54, 1.807) is 0 Å². The van der Waals surface area contributed by atoms with Crippen LogP contribution in [0.4, 0.5) is 4.79 Å². The van der Waals surface area contributed by atoms with Gasteiger partial charge in [-0.2, -0.15) is 0 Å². The maximum atomic E-state index is 11.1. The standard InChI is InChI=1S/C12H23NO4Si/c1-12(2,3)18(4,5)17-10-6-7-13(11(15)16)9(10)8-14/h8-10H,6-7H2,1-5H3,(H,15,16)/t9-,10-/m1/s1. The predicted octanol–water partition coefficient (Wildman–Crippen LogP) is 2.33. The third kappa shape index (κ3) is 2.92. The molecule has 1 N–H and O–H groups in total. The summed E-state index contributed by atoms with van der Waals surface area (Å²) < 4.78 is 6.15. The number of rotatable bonds is 3. The average molecular weight is 273 g/mol. The van der Waals surface area contributed by atoms with Crippen LogP contribution in [0.15, 0.2) is 0 Å². The van der Waals surface area contributed by atoms with E-state index in [0.29, 0.717) is 19.3 Å². The third-order valence-corrected chi connectivity index (χ3v) is 8.54. The van der Waals surface area contributed by atoms with Crippen LogP contribution in [0.5, 0.6) is 0 Å². The lowest BCUT2D eigenvalue weighted by atomic mass is 10.2. The molecule has 0 unspecified atom stereocenters. The van der Waals surface area contributed by atoms with Gasteiger partial charge in [-0.25, -0.2) is 4.79 Å². The predicted molar refractivity (Wildman–Crippen MR) is 71.3 cm³/mol. The summed E-state index contributed by atoms with van der Waals surface area (Å²) in [6, 6.07) is -0.656. The van der Waals surface area contributed by atoms with Gasteiger partial charge in [0.1, 0.15) is 12.3 Å². The summed E-state index contributed by atoms with van der Waals surface area (Å²) in [5.41, 5.74) is 0. The molecule has 0 saturated carbocycles. The average Bonchev–Trinajstić information content (AvgIpc) is 2.58. The van der Waals surface area contributed by atoms with Crippen LogP contribution in [0.2, 0.25) is 18.1 Å². The Morgan fingerprint density at radius 2 is 2.00 bits per heavy atom. The minimum atomic E-state index is -1.97. The third-order valence-electron chi connectivity index (χ3n) is 4.03. The number of nitrogens with zero attached hydrogens (tertiary/aromatic N) is 1. The van der Waals surface area contributed by atoms with Crippen molar-refractivity contribution < 1.29 is 19.1 Å². The van der Waals surface area contributed by atoms with E-state index in [1.165, 1.54) is 4.90 Å². The molecule has 1 saturated heterocycles. The van der Waals surface area contributed by atoms with Gasteiger partial charge in [0.05, 0.1) is 6.10 Å². The van der Waals surface area contributed by atoms with E-state index in [2.05, 4.69) is 33.9 Å². The molecule has 0 aromatic rings. The first-order chi connectivity index (χ1) is 8.10. The minimum absolute atomic E-state index is 0.0527. The maximum absolute atomic E-state index is 11.1. The van der Waals surface area contributed by atoms with Gasteiger partial charge >= 0.3 is 6.09 Å². The Labute approximate surface area is 109 Å². The number of aldehydes is 1. The topological polar surface area (TPSA) is 66.8 Å². The molecule has 1 aliphatic heterocycles. The molecule has 1 fully saturated rings. The van der Waals surface area contributed by atoms with Gasteiger partial charge in [0.15, 0.2) is 8.32 Å². The number of amides is 1. The molecule has 0 aliphatic carbocycles. The van der Waals surface area contributed by atoms with Gasteiger partial charge in [-0.15, -0.1) is 0 Å². The number of carbonyl (C=O) groups excluding carboxylic acids is 1. The highest BCUT2D eigenvalue weighted by Crippen LogP contribution is 2.39. The van der Waals surface area contributed by atoms with Crippen molar-refractivity contribution in [3.8, 4) is 0 Å². The number of carbonyl (C=O) groups is 2. The van der Waals surface area contributed by atoms with Crippen molar-refractivity contribution in [3.05, 3.63) is 0 Å². The van der Waals surface area contributed by atoms with Crippen molar-refractivity contribution in [2.45, 2.75) is 57.5 Å². The summed E-state index contributed by atoms with van der Waals surface area (Å²) in [6.45, 7) is 11.0. The lowest BCUT2D eigenvalue weighted by molar-refractivity contribution is -0.113. The Morgan fingerprint density at radius 3 is 2.39 bits per heavy atom. The van der Waals surface area contributed by atoms with Gasteiger partial charge in [0.2, 0.25) is 0 Å². The van der Waals surface area contributed by atoms with Crippen molar-refractivity contribution in [2.24, 2.45) is 0 Å². The molecule has 0 aromatic carbocycles. The normalized spacial score (nSPS) is 25.3. The molecule has 0 aromatic heterocycles. The smallest absolute Gasteiger partial charge is 0.407 e. The Bertz CT molecular complexity index is 337. The zero-order valence-electron chi connectivity index (χ0n) is 11.8. The lowest BCUT2D eigenvalue weighted by Gasteiger charge is -2.39. The van der Waals surface area contributed by atoms with Crippen LogP contribution in [0.25, 0.3) is 0 Å². The van der Waals surface area contributed by atoms with Crippen LogP contribution < -0.4 is 0 Å². The van der Waals surface area contributed by atoms with Gasteiger partial charge in [-0.1, -0.05) is 20.8 Å². The molecule has 5 nitrogen and oxygen atoms in total. The molecule has 0 radical (unpaired) electrons. The second-order valence-electron chi connectivity index (χ2n) is 6.31. The number of hydrogen-bond donors (Lipinski definition) is 1. The highest BCUT2D eigenvalue weighted by atomic mass is 28.4. The molecular weight excluding hydrogens is 250 g/mol. The van der Waals surface area contributed by atoms with E-state index in [-0.39, 0.29) is 11.1 Å². The van der Waals surface area contributed by atoms with Gasteiger partial charge in [-0.3, -0.25) is 4.90 Å². The van der Waals surface area contributed by atoms with Crippen LogP contribution in [-0.4, -0.2) is 49.4 Å². The second kappa shape index (κ2) is 5.01. The molecule has 6 heteroatoms. The van der Waals surface area contributed by atoms with E-state index in [4.69, 9.17) is 9.53 Å². The highest BCUT2D eigenvalue weighted by molar-refractivity contribution is 6.74. The summed E-state index contributed by atoms with van der Waals surface area (Å²) in [5.74, 6) is 0. The molecule has 1 amide bonds. The van der Waals surface area contributed by atoms with Gasteiger partial charge in [-0.05, 0) is 24.6 Å². The molecule has 1 rings (SSSR count). The summed E-state index contributed by atoms with van der Waals surface area (Å²) >= 11 is 0. The van der Waals surface area contributed by atoms with Gasteiger partial charge < -0.3 is 14.3 Å². The quantitative estimate of drug-likeness (QED) is 0.633. The first-order valence-electron chi connectivity index (χ1n) is 6.23. The minimum Gasteiger partial charge on any atom is -0.465 e. The van der Waals surface area contributed by atoms with Crippen LogP contribution in [-0.2, 0) is 9.22 Å². The Morgan fingerprint density at radius 1 is 1.44 bits per heavy atom. The van der Waals surface area contributed by atoms with E-state index >= 15 is 0 Å². The van der Waals surface area contributed by atoms with Crippen LogP contribution in [0.1, 0.15) is 27.2 Å². The molecule has 0 bridgehead atoms. The van der Waals surface area contributed by atoms with Crippen molar-refractivity contribution in [1.82, 2.24) is 4.90 Å². The number of carboxylic acid groups (broad SMARTS) is 1. The van der Waals surface area contributed by atoms with E-state index in [9.17, 15) is 9.59 Å². The Balaban J connectivity index is 2.80. The molecular formula is C12H23NO4Si. The van der Waals surface area contributed by atoms with Crippen molar-refractivity contribution in [2.75, 3.05) is 6.54 Å². The molecule has 1 heterocycles. The maximum Gasteiger partial charge on any atom is 0.407 e. The zero-order chi connectivity index (χ0) is 14.1. The highest BCUT2D eigenvalue weighted by Gasteiger charge is 2.45. The molecule has 0 spiro atoms. The largest absolute Gasteiger partial charge is 0.465 e. The number of hydrogen-bond acceptors (Lipinski definition) is 3. The van der Waals surface area contributed by atoms with Gasteiger partial charge in [0.25, 0.3) is 0 Å². The second-order valence-corrected chi connectivity index (χ2v) is 11.1. The van der Waals surface area contributed by atoms with Crippen LogP contribution in [0.3, 0.4) is 0 Å². The van der Waals surface area contributed by atoms with E-state index in [1.807, 2.05) is 0 Å². The van der Waals surface area contributed by atoms with Crippen LogP contribution >= 0.6 is 0 Å². The van der Waals surface area contributed by atoms with Crippen molar-refractivity contribution in [1.29, 1.82) is 0 Å². The summed E-state index contributed by atoms with van der Waals surface area (Å²) in [6.07, 6.45) is -0.0471. The van der Waals surface area contributed by atoms with Crippen molar-refractivity contribution >= 4 is 20.7 Å². The van der Waals surface area contributed by atoms with Crippen molar-refractivity contribution in [3.63, 3.8) is 0 Å². The van der Waals surface area contributed by atoms with Crippen LogP contribution in [0, 0.1) is 0 Å². The molecule has 18 heavy (non-hydrogen) atoms. The molecule has 104 valence electrons.